The number of halogens is 1. The Bertz CT molecular complexity index is 655. The lowest BCUT2D eigenvalue weighted by atomic mass is 10.1. The topological polar surface area (TPSA) is 33.2 Å². The lowest BCUT2D eigenvalue weighted by molar-refractivity contribution is 0.0752. The Labute approximate surface area is 130 Å². The van der Waals surface area contributed by atoms with Crippen molar-refractivity contribution >= 4 is 17.5 Å². The van der Waals surface area contributed by atoms with Gasteiger partial charge in [0, 0.05) is 25.0 Å². The van der Waals surface area contributed by atoms with Crippen LogP contribution in [0.1, 0.15) is 34.1 Å². The van der Waals surface area contributed by atoms with Crippen molar-refractivity contribution in [2.45, 2.75) is 27.3 Å². The Morgan fingerprint density at radius 2 is 2.05 bits per heavy atom. The van der Waals surface area contributed by atoms with Crippen LogP contribution in [0.5, 0.6) is 0 Å². The van der Waals surface area contributed by atoms with Crippen molar-refractivity contribution in [1.82, 2.24) is 9.88 Å². The number of aryl methyl sites for hydroxylation is 2. The van der Waals surface area contributed by atoms with Gasteiger partial charge in [-0.15, -0.1) is 0 Å². The minimum Gasteiger partial charge on any atom is -0.335 e. The third kappa shape index (κ3) is 3.82. The van der Waals surface area contributed by atoms with Crippen LogP contribution < -0.4 is 0 Å². The average molecular weight is 303 g/mol. The van der Waals surface area contributed by atoms with Gasteiger partial charge in [0.15, 0.2) is 0 Å². The van der Waals surface area contributed by atoms with E-state index < -0.39 is 0 Å². The van der Waals surface area contributed by atoms with Crippen LogP contribution in [-0.4, -0.2) is 22.3 Å². The molecule has 0 N–H and O–H groups in total. The Balaban J connectivity index is 2.22. The molecule has 0 saturated carbocycles. The predicted octanol–water partition coefficient (Wildman–Crippen LogP) is 4.01. The summed E-state index contributed by atoms with van der Waals surface area (Å²) in [5.74, 6) is -0.0866. The first-order chi connectivity index (χ1) is 10.0. The van der Waals surface area contributed by atoms with E-state index in [4.69, 9.17) is 11.6 Å². The quantitative estimate of drug-likeness (QED) is 0.855. The van der Waals surface area contributed by atoms with Gasteiger partial charge < -0.3 is 4.90 Å². The zero-order valence-electron chi connectivity index (χ0n) is 12.6. The smallest absolute Gasteiger partial charge is 0.257 e. The first kappa shape index (κ1) is 15.5. The van der Waals surface area contributed by atoms with Crippen molar-refractivity contribution in [3.05, 3.63) is 63.9 Å². The van der Waals surface area contributed by atoms with Crippen LogP contribution in [0, 0.1) is 13.8 Å². The molecule has 2 aromatic rings. The van der Waals surface area contributed by atoms with E-state index in [0.717, 1.165) is 11.3 Å². The molecule has 1 aromatic carbocycles. The Morgan fingerprint density at radius 1 is 1.29 bits per heavy atom. The van der Waals surface area contributed by atoms with E-state index >= 15 is 0 Å². The van der Waals surface area contributed by atoms with Crippen LogP contribution in [-0.2, 0) is 6.54 Å². The predicted molar refractivity (Wildman–Crippen MR) is 85.6 cm³/mol. The molecule has 4 heteroatoms. The number of carbonyl (C=O) groups excluding carboxylic acids is 1. The summed E-state index contributed by atoms with van der Waals surface area (Å²) >= 11 is 6.17. The number of benzene rings is 1. The highest BCUT2D eigenvalue weighted by Gasteiger charge is 2.18. The zero-order chi connectivity index (χ0) is 15.4. The molecule has 0 aliphatic heterocycles. The minimum absolute atomic E-state index is 0.0866. The maximum absolute atomic E-state index is 12.6. The van der Waals surface area contributed by atoms with Crippen LogP contribution in [0.2, 0.25) is 5.02 Å². The van der Waals surface area contributed by atoms with E-state index in [1.165, 1.54) is 5.56 Å². The SMILES string of the molecule is CCN(Cc1cccc(C)c1)C(=O)c1cnc(C)cc1Cl. The molecule has 0 spiro atoms. The van der Waals surface area contributed by atoms with Crippen LogP contribution in [0.25, 0.3) is 0 Å². The van der Waals surface area contributed by atoms with E-state index in [2.05, 4.69) is 11.1 Å². The van der Waals surface area contributed by atoms with E-state index in [-0.39, 0.29) is 5.91 Å². The number of pyridine rings is 1. The molecule has 2 rings (SSSR count). The minimum atomic E-state index is -0.0866. The molecule has 0 fully saturated rings. The fraction of sp³-hybridized carbons (Fsp3) is 0.294. The number of carbonyl (C=O) groups is 1. The Morgan fingerprint density at radius 3 is 2.67 bits per heavy atom. The molecule has 3 nitrogen and oxygen atoms in total. The average Bonchev–Trinajstić information content (AvgIpc) is 2.44. The summed E-state index contributed by atoms with van der Waals surface area (Å²) in [5, 5.41) is 0.454. The number of hydrogen-bond acceptors (Lipinski definition) is 2. The fourth-order valence-corrected chi connectivity index (χ4v) is 2.50. The largest absolute Gasteiger partial charge is 0.335 e. The lowest BCUT2D eigenvalue weighted by Crippen LogP contribution is -2.30. The normalized spacial score (nSPS) is 10.5. The number of nitrogens with zero attached hydrogens (tertiary/aromatic N) is 2. The van der Waals surface area contributed by atoms with E-state index in [0.29, 0.717) is 23.7 Å². The Hall–Kier alpha value is -1.87. The maximum Gasteiger partial charge on any atom is 0.257 e. The summed E-state index contributed by atoms with van der Waals surface area (Å²) in [4.78, 5) is 18.5. The highest BCUT2D eigenvalue weighted by molar-refractivity contribution is 6.33. The van der Waals surface area contributed by atoms with E-state index in [1.807, 2.05) is 39.0 Å². The maximum atomic E-state index is 12.6. The third-order valence-electron chi connectivity index (χ3n) is 3.35. The zero-order valence-corrected chi connectivity index (χ0v) is 13.3. The van der Waals surface area contributed by atoms with Gasteiger partial charge >= 0.3 is 0 Å². The van der Waals surface area contributed by atoms with Gasteiger partial charge in [0.05, 0.1) is 10.6 Å². The second kappa shape index (κ2) is 6.72. The molecule has 110 valence electrons. The van der Waals surface area contributed by atoms with Crippen molar-refractivity contribution in [1.29, 1.82) is 0 Å². The van der Waals surface area contributed by atoms with Crippen molar-refractivity contribution in [3.63, 3.8) is 0 Å². The summed E-state index contributed by atoms with van der Waals surface area (Å²) in [6.45, 7) is 7.05. The fourth-order valence-electron chi connectivity index (χ4n) is 2.21. The van der Waals surface area contributed by atoms with Gasteiger partial charge in [-0.1, -0.05) is 41.4 Å². The molecular formula is C17H19ClN2O. The number of aromatic nitrogens is 1. The summed E-state index contributed by atoms with van der Waals surface area (Å²) in [6.07, 6.45) is 1.55. The molecule has 0 saturated heterocycles. The van der Waals surface area contributed by atoms with E-state index in [1.54, 1.807) is 17.2 Å². The van der Waals surface area contributed by atoms with Gasteiger partial charge in [-0.05, 0) is 32.4 Å². The highest BCUT2D eigenvalue weighted by atomic mass is 35.5. The molecule has 0 aliphatic carbocycles. The van der Waals surface area contributed by atoms with Crippen molar-refractivity contribution in [2.24, 2.45) is 0 Å². The van der Waals surface area contributed by atoms with E-state index in [9.17, 15) is 4.79 Å². The first-order valence-electron chi connectivity index (χ1n) is 6.98. The van der Waals surface area contributed by atoms with Crippen LogP contribution in [0.3, 0.4) is 0 Å². The van der Waals surface area contributed by atoms with Gasteiger partial charge in [0.1, 0.15) is 0 Å². The number of hydrogen-bond donors (Lipinski definition) is 0. The first-order valence-corrected chi connectivity index (χ1v) is 7.36. The van der Waals surface area contributed by atoms with Gasteiger partial charge in [0.2, 0.25) is 0 Å². The van der Waals surface area contributed by atoms with Crippen molar-refractivity contribution in [3.8, 4) is 0 Å². The highest BCUT2D eigenvalue weighted by Crippen LogP contribution is 2.19. The summed E-state index contributed by atoms with van der Waals surface area (Å²) < 4.78 is 0. The van der Waals surface area contributed by atoms with Crippen molar-refractivity contribution < 1.29 is 4.79 Å². The van der Waals surface area contributed by atoms with Crippen LogP contribution in [0.15, 0.2) is 36.5 Å². The second-order valence-electron chi connectivity index (χ2n) is 5.11. The molecular weight excluding hydrogens is 284 g/mol. The van der Waals surface area contributed by atoms with Crippen LogP contribution >= 0.6 is 11.6 Å². The summed E-state index contributed by atoms with van der Waals surface area (Å²) in [5.41, 5.74) is 3.56. The third-order valence-corrected chi connectivity index (χ3v) is 3.66. The van der Waals surface area contributed by atoms with Gasteiger partial charge in [-0.25, -0.2) is 0 Å². The second-order valence-corrected chi connectivity index (χ2v) is 5.52. The number of rotatable bonds is 4. The standard InChI is InChI=1S/C17H19ClN2O/c1-4-20(11-14-7-5-6-12(2)8-14)17(21)15-10-19-13(3)9-16(15)18/h5-10H,4,11H2,1-3H3. The molecule has 0 atom stereocenters. The number of amides is 1. The van der Waals surface area contributed by atoms with Gasteiger partial charge in [-0.3, -0.25) is 9.78 Å². The molecule has 0 unspecified atom stereocenters. The molecule has 0 radical (unpaired) electrons. The molecule has 21 heavy (non-hydrogen) atoms. The monoisotopic (exact) mass is 302 g/mol. The lowest BCUT2D eigenvalue weighted by Gasteiger charge is -2.21. The summed E-state index contributed by atoms with van der Waals surface area (Å²) in [6, 6.07) is 9.88. The Kier molecular flexibility index (Phi) is 4.97. The molecule has 0 aliphatic rings. The molecule has 1 aromatic heterocycles. The van der Waals surface area contributed by atoms with Crippen molar-refractivity contribution in [2.75, 3.05) is 6.54 Å². The summed E-state index contributed by atoms with van der Waals surface area (Å²) in [7, 11) is 0. The van der Waals surface area contributed by atoms with Gasteiger partial charge in [0.25, 0.3) is 5.91 Å². The molecule has 1 amide bonds. The molecule has 1 heterocycles. The molecule has 0 bridgehead atoms. The van der Waals surface area contributed by atoms with Crippen LogP contribution in [0.4, 0.5) is 0 Å². The van der Waals surface area contributed by atoms with Gasteiger partial charge in [-0.2, -0.15) is 0 Å².